The highest BCUT2D eigenvalue weighted by Crippen LogP contribution is 2.19. The average Bonchev–Trinajstić information content (AvgIpc) is 3.27. The molecule has 0 bridgehead atoms. The fourth-order valence-corrected chi connectivity index (χ4v) is 5.12. The third-order valence-corrected chi connectivity index (χ3v) is 7.52. The average molecular weight is 496 g/mol. The quantitative estimate of drug-likeness (QED) is 0.503. The molecule has 1 atom stereocenters. The van der Waals surface area contributed by atoms with Crippen molar-refractivity contribution in [3.63, 3.8) is 0 Å². The number of carbonyl (C=O) groups is 4. The number of benzene rings is 1. The van der Waals surface area contributed by atoms with Crippen LogP contribution >= 0.6 is 0 Å². The number of hydrogen-bond donors (Lipinski definition) is 1. The van der Waals surface area contributed by atoms with E-state index in [2.05, 4.69) is 5.32 Å². The highest BCUT2D eigenvalue weighted by molar-refractivity contribution is 7.89. The van der Waals surface area contributed by atoms with Crippen LogP contribution in [0.25, 0.3) is 0 Å². The number of nitrogens with one attached hydrogen (secondary N) is 1. The van der Waals surface area contributed by atoms with Crippen LogP contribution in [0.5, 0.6) is 0 Å². The standard InChI is InChI=1S/C22H29N3O8S/c1-15(2)20(22(29)33-14-19(27)25-8-4-7-18(25)26)23-21(28)16-5-3-6-17(13-16)34(30,31)24-9-11-32-12-10-24/h3,5-6,13,15,20H,4,7-12,14H2,1-2H3,(H,23,28)/t20-/m0/s1. The number of morpholine rings is 1. The zero-order valence-corrected chi connectivity index (χ0v) is 20.0. The topological polar surface area (TPSA) is 139 Å². The van der Waals surface area contributed by atoms with E-state index in [1.807, 2.05) is 0 Å². The highest BCUT2D eigenvalue weighted by Gasteiger charge is 2.31. The first kappa shape index (κ1) is 25.8. The molecule has 0 radical (unpaired) electrons. The summed E-state index contributed by atoms with van der Waals surface area (Å²) in [6.07, 6.45) is 0.855. The lowest BCUT2D eigenvalue weighted by molar-refractivity contribution is -0.156. The van der Waals surface area contributed by atoms with Crippen molar-refractivity contribution >= 4 is 33.7 Å². The van der Waals surface area contributed by atoms with Crippen molar-refractivity contribution < 1.29 is 37.1 Å². The molecular formula is C22H29N3O8S. The first-order chi connectivity index (χ1) is 16.1. The Bertz CT molecular complexity index is 1050. The van der Waals surface area contributed by atoms with Crippen molar-refractivity contribution in [3.8, 4) is 0 Å². The summed E-state index contributed by atoms with van der Waals surface area (Å²) in [6.45, 7) is 4.12. The molecule has 0 aliphatic carbocycles. The van der Waals surface area contributed by atoms with E-state index in [0.29, 0.717) is 26.2 Å². The van der Waals surface area contributed by atoms with Gasteiger partial charge in [-0.25, -0.2) is 13.2 Å². The zero-order chi connectivity index (χ0) is 24.9. The van der Waals surface area contributed by atoms with E-state index >= 15 is 0 Å². The Morgan fingerprint density at radius 3 is 2.47 bits per heavy atom. The molecule has 2 aliphatic rings. The fourth-order valence-electron chi connectivity index (χ4n) is 3.67. The molecule has 0 unspecified atom stereocenters. The van der Waals surface area contributed by atoms with Crippen molar-refractivity contribution in [2.45, 2.75) is 37.6 Å². The lowest BCUT2D eigenvalue weighted by atomic mass is 10.0. The molecule has 1 aromatic rings. The van der Waals surface area contributed by atoms with Gasteiger partial charge in [-0.15, -0.1) is 0 Å². The highest BCUT2D eigenvalue weighted by atomic mass is 32.2. The van der Waals surface area contributed by atoms with Crippen molar-refractivity contribution in [2.24, 2.45) is 5.92 Å². The summed E-state index contributed by atoms with van der Waals surface area (Å²) >= 11 is 0. The SMILES string of the molecule is CC(C)[C@H](NC(=O)c1cccc(S(=O)(=O)N2CCOCC2)c1)C(=O)OCC(=O)N1CCCC1=O. The molecule has 3 rings (SSSR count). The monoisotopic (exact) mass is 495 g/mol. The fraction of sp³-hybridized carbons (Fsp3) is 0.545. The molecule has 2 fully saturated rings. The molecule has 0 saturated carbocycles. The molecule has 1 N–H and O–H groups in total. The number of amides is 3. The van der Waals surface area contributed by atoms with E-state index in [1.165, 1.54) is 28.6 Å². The number of rotatable bonds is 8. The smallest absolute Gasteiger partial charge is 0.329 e. The molecule has 2 saturated heterocycles. The Labute approximate surface area is 198 Å². The summed E-state index contributed by atoms with van der Waals surface area (Å²) < 4.78 is 37.3. The van der Waals surface area contributed by atoms with Gasteiger partial charge in [-0.3, -0.25) is 19.3 Å². The summed E-state index contributed by atoms with van der Waals surface area (Å²) in [5.41, 5.74) is 0.0616. The molecule has 1 aromatic carbocycles. The van der Waals surface area contributed by atoms with E-state index in [9.17, 15) is 27.6 Å². The maximum Gasteiger partial charge on any atom is 0.329 e. The largest absolute Gasteiger partial charge is 0.454 e. The van der Waals surface area contributed by atoms with Gasteiger partial charge in [-0.05, 0) is 30.5 Å². The van der Waals surface area contributed by atoms with Gasteiger partial charge in [0.25, 0.3) is 11.8 Å². The van der Waals surface area contributed by atoms with E-state index in [1.54, 1.807) is 13.8 Å². The number of imide groups is 1. The number of ether oxygens (including phenoxy) is 2. The Morgan fingerprint density at radius 1 is 1.15 bits per heavy atom. The second kappa shape index (κ2) is 11.1. The molecule has 11 nitrogen and oxygen atoms in total. The van der Waals surface area contributed by atoms with Gasteiger partial charge < -0.3 is 14.8 Å². The maximum atomic E-state index is 12.9. The summed E-state index contributed by atoms with van der Waals surface area (Å²) in [4.78, 5) is 50.2. The minimum atomic E-state index is -3.80. The van der Waals surface area contributed by atoms with Gasteiger partial charge in [-0.1, -0.05) is 19.9 Å². The predicted molar refractivity (Wildman–Crippen MR) is 119 cm³/mol. The molecule has 0 aromatic heterocycles. The van der Waals surface area contributed by atoms with Crippen molar-refractivity contribution in [3.05, 3.63) is 29.8 Å². The van der Waals surface area contributed by atoms with Crippen LogP contribution in [-0.2, 0) is 33.9 Å². The number of hydrogen-bond acceptors (Lipinski definition) is 8. The van der Waals surface area contributed by atoms with Gasteiger partial charge in [0.1, 0.15) is 6.04 Å². The lowest BCUT2D eigenvalue weighted by Crippen LogP contribution is -2.46. The second-order valence-corrected chi connectivity index (χ2v) is 10.3. The Kier molecular flexibility index (Phi) is 8.39. The van der Waals surface area contributed by atoms with E-state index in [-0.39, 0.29) is 41.8 Å². The normalized spacial score (nSPS) is 18.1. The maximum absolute atomic E-state index is 12.9. The molecule has 0 spiro atoms. The van der Waals surface area contributed by atoms with Crippen LogP contribution in [0, 0.1) is 5.92 Å². The Balaban J connectivity index is 1.66. The van der Waals surface area contributed by atoms with E-state index in [0.717, 1.165) is 4.90 Å². The van der Waals surface area contributed by atoms with E-state index in [4.69, 9.17) is 9.47 Å². The van der Waals surface area contributed by atoms with Gasteiger partial charge in [-0.2, -0.15) is 4.31 Å². The third kappa shape index (κ3) is 5.99. The van der Waals surface area contributed by atoms with Crippen LogP contribution in [0.4, 0.5) is 0 Å². The molecular weight excluding hydrogens is 466 g/mol. The van der Waals surface area contributed by atoms with Crippen molar-refractivity contribution in [1.29, 1.82) is 0 Å². The van der Waals surface area contributed by atoms with Crippen LogP contribution in [0.3, 0.4) is 0 Å². The third-order valence-electron chi connectivity index (χ3n) is 5.62. The van der Waals surface area contributed by atoms with E-state index < -0.39 is 40.5 Å². The number of esters is 1. The number of nitrogens with zero attached hydrogens (tertiary/aromatic N) is 2. The zero-order valence-electron chi connectivity index (χ0n) is 19.2. The first-order valence-corrected chi connectivity index (χ1v) is 12.5. The predicted octanol–water partition coefficient (Wildman–Crippen LogP) is 0.154. The van der Waals surface area contributed by atoms with Crippen LogP contribution in [0.1, 0.15) is 37.0 Å². The molecule has 186 valence electrons. The molecule has 34 heavy (non-hydrogen) atoms. The van der Waals surface area contributed by atoms with Gasteiger partial charge in [0, 0.05) is 31.6 Å². The summed E-state index contributed by atoms with van der Waals surface area (Å²) in [5.74, 6) is -2.76. The Morgan fingerprint density at radius 2 is 1.85 bits per heavy atom. The summed E-state index contributed by atoms with van der Waals surface area (Å²) in [5, 5.41) is 2.56. The van der Waals surface area contributed by atoms with Gasteiger partial charge >= 0.3 is 5.97 Å². The van der Waals surface area contributed by atoms with Crippen molar-refractivity contribution in [2.75, 3.05) is 39.5 Å². The van der Waals surface area contributed by atoms with Crippen LogP contribution in [0.15, 0.2) is 29.2 Å². The van der Waals surface area contributed by atoms with Crippen molar-refractivity contribution in [1.82, 2.24) is 14.5 Å². The van der Waals surface area contributed by atoms with Gasteiger partial charge in [0.15, 0.2) is 6.61 Å². The molecule has 2 aliphatic heterocycles. The van der Waals surface area contributed by atoms with Crippen LogP contribution in [-0.4, -0.2) is 86.8 Å². The van der Waals surface area contributed by atoms with Gasteiger partial charge in [0.05, 0.1) is 18.1 Å². The molecule has 2 heterocycles. The minimum absolute atomic E-state index is 0.0356. The summed E-state index contributed by atoms with van der Waals surface area (Å²) in [7, 11) is -3.80. The lowest BCUT2D eigenvalue weighted by Gasteiger charge is -2.26. The van der Waals surface area contributed by atoms with Crippen LogP contribution < -0.4 is 5.32 Å². The summed E-state index contributed by atoms with van der Waals surface area (Å²) in [6, 6.07) is 4.48. The molecule has 12 heteroatoms. The van der Waals surface area contributed by atoms with Crippen LogP contribution in [0.2, 0.25) is 0 Å². The number of sulfonamides is 1. The van der Waals surface area contributed by atoms with Gasteiger partial charge in [0.2, 0.25) is 15.9 Å². The Hall–Kier alpha value is -2.83. The second-order valence-electron chi connectivity index (χ2n) is 8.39. The minimum Gasteiger partial charge on any atom is -0.454 e. The first-order valence-electron chi connectivity index (χ1n) is 11.1. The molecule has 3 amide bonds. The number of carbonyl (C=O) groups excluding carboxylic acids is 4. The number of likely N-dealkylation sites (tertiary alicyclic amines) is 1.